The molecule has 1 aromatic rings. The van der Waals surface area contributed by atoms with Gasteiger partial charge in [-0.2, -0.15) is 0 Å². The molecule has 1 atom stereocenters. The van der Waals surface area contributed by atoms with Crippen molar-refractivity contribution in [1.29, 1.82) is 0 Å². The third-order valence-electron chi connectivity index (χ3n) is 4.86. The fourth-order valence-corrected chi connectivity index (χ4v) is 2.63. The number of aromatic carboxylic acids is 1. The zero-order valence-electron chi connectivity index (χ0n) is 15.0. The zero-order chi connectivity index (χ0) is 19.0. The molecular formula is C17H22BFO6. The van der Waals surface area contributed by atoms with Crippen molar-refractivity contribution >= 4 is 19.1 Å². The molecule has 1 aromatic carbocycles. The van der Waals surface area contributed by atoms with Gasteiger partial charge in [0.1, 0.15) is 5.82 Å². The second kappa shape index (κ2) is 6.76. The molecule has 0 saturated carbocycles. The molecule has 25 heavy (non-hydrogen) atoms. The summed E-state index contributed by atoms with van der Waals surface area (Å²) in [6.07, 6.45) is -0.201. The van der Waals surface area contributed by atoms with E-state index in [0.29, 0.717) is 0 Å². The van der Waals surface area contributed by atoms with E-state index in [1.54, 1.807) is 0 Å². The Balaban J connectivity index is 2.46. The van der Waals surface area contributed by atoms with E-state index in [9.17, 15) is 14.0 Å². The van der Waals surface area contributed by atoms with Crippen molar-refractivity contribution < 1.29 is 33.1 Å². The second-order valence-electron chi connectivity index (χ2n) is 7.05. The van der Waals surface area contributed by atoms with Crippen LogP contribution in [0.3, 0.4) is 0 Å². The molecule has 1 N–H and O–H groups in total. The van der Waals surface area contributed by atoms with E-state index in [4.69, 9.17) is 19.2 Å². The van der Waals surface area contributed by atoms with Gasteiger partial charge >= 0.3 is 19.1 Å². The average Bonchev–Trinajstić information content (AvgIpc) is 2.73. The minimum atomic E-state index is -1.19. The van der Waals surface area contributed by atoms with Gasteiger partial charge in [-0.1, -0.05) is 0 Å². The topological polar surface area (TPSA) is 82.1 Å². The Labute approximate surface area is 146 Å². The van der Waals surface area contributed by atoms with E-state index in [2.05, 4.69) is 0 Å². The lowest BCUT2D eigenvalue weighted by Crippen LogP contribution is -2.41. The molecule has 2 rings (SSSR count). The molecular weight excluding hydrogens is 330 g/mol. The first-order valence-electron chi connectivity index (χ1n) is 7.93. The van der Waals surface area contributed by atoms with E-state index < -0.39 is 41.9 Å². The molecule has 0 amide bonds. The largest absolute Gasteiger partial charge is 0.478 e. The molecule has 0 spiro atoms. The van der Waals surface area contributed by atoms with Gasteiger partial charge in [0, 0.05) is 5.82 Å². The number of carbonyl (C=O) groups excluding carboxylic acids is 1. The van der Waals surface area contributed by atoms with E-state index in [1.807, 2.05) is 27.7 Å². The molecule has 136 valence electrons. The van der Waals surface area contributed by atoms with Gasteiger partial charge in [-0.25, -0.2) is 9.18 Å². The number of ether oxygens (including phenoxy) is 1. The first kappa shape index (κ1) is 19.4. The summed E-state index contributed by atoms with van der Waals surface area (Å²) in [6, 6.07) is 3.44. The average molecular weight is 352 g/mol. The Morgan fingerprint density at radius 3 is 2.28 bits per heavy atom. The van der Waals surface area contributed by atoms with Crippen molar-refractivity contribution in [3.05, 3.63) is 35.1 Å². The molecule has 0 aromatic heterocycles. The number of hydrogen-bond acceptors (Lipinski definition) is 5. The number of methoxy groups -OCH3 is 1. The van der Waals surface area contributed by atoms with Crippen molar-refractivity contribution in [3.8, 4) is 0 Å². The summed E-state index contributed by atoms with van der Waals surface area (Å²) >= 11 is 0. The lowest BCUT2D eigenvalue weighted by atomic mass is 9.66. The Morgan fingerprint density at radius 1 is 1.24 bits per heavy atom. The quantitative estimate of drug-likeness (QED) is 0.648. The third kappa shape index (κ3) is 3.85. The van der Waals surface area contributed by atoms with Crippen molar-refractivity contribution in [2.45, 2.75) is 51.1 Å². The van der Waals surface area contributed by atoms with Crippen molar-refractivity contribution in [2.75, 3.05) is 7.11 Å². The Kier molecular flexibility index (Phi) is 5.25. The van der Waals surface area contributed by atoms with Crippen LogP contribution in [0.1, 0.15) is 55.9 Å². The SMILES string of the molecule is COC(=O)CC(B1OC(C)(C)C(C)(C)O1)c1cc(C(=O)O)ccc1F. The summed E-state index contributed by atoms with van der Waals surface area (Å²) in [7, 11) is 0.316. The van der Waals surface area contributed by atoms with Crippen LogP contribution in [0.25, 0.3) is 0 Å². The Bertz CT molecular complexity index is 672. The van der Waals surface area contributed by atoms with E-state index >= 15 is 0 Å². The summed E-state index contributed by atoms with van der Waals surface area (Å²) in [5, 5.41) is 9.16. The van der Waals surface area contributed by atoms with E-state index in [0.717, 1.165) is 6.07 Å². The lowest BCUT2D eigenvalue weighted by molar-refractivity contribution is -0.140. The molecule has 1 aliphatic heterocycles. The number of carbonyl (C=O) groups is 2. The fraction of sp³-hybridized carbons (Fsp3) is 0.529. The highest BCUT2D eigenvalue weighted by Crippen LogP contribution is 2.42. The summed E-state index contributed by atoms with van der Waals surface area (Å²) in [4.78, 5) is 23.0. The number of hydrogen-bond donors (Lipinski definition) is 1. The predicted octanol–water partition coefficient (Wildman–Crippen LogP) is 2.80. The molecule has 0 aliphatic carbocycles. The highest BCUT2D eigenvalue weighted by Gasteiger charge is 2.54. The van der Waals surface area contributed by atoms with Crippen LogP contribution < -0.4 is 0 Å². The molecule has 8 heteroatoms. The molecule has 1 aliphatic rings. The monoisotopic (exact) mass is 352 g/mol. The van der Waals surface area contributed by atoms with Crippen molar-refractivity contribution in [3.63, 3.8) is 0 Å². The first-order chi connectivity index (χ1) is 11.5. The van der Waals surface area contributed by atoms with Crippen LogP contribution in [0.2, 0.25) is 0 Å². The molecule has 0 radical (unpaired) electrons. The fourth-order valence-electron chi connectivity index (χ4n) is 2.63. The smallest absolute Gasteiger partial charge is 0.466 e. The van der Waals surface area contributed by atoms with Gasteiger partial charge in [-0.05, 0) is 51.5 Å². The van der Waals surface area contributed by atoms with Crippen LogP contribution in [-0.2, 0) is 18.8 Å². The maximum absolute atomic E-state index is 14.4. The van der Waals surface area contributed by atoms with E-state index in [1.165, 1.54) is 19.2 Å². The Morgan fingerprint density at radius 2 is 1.80 bits per heavy atom. The second-order valence-corrected chi connectivity index (χ2v) is 7.05. The normalized spacial score (nSPS) is 19.5. The number of carboxylic acid groups (broad SMARTS) is 1. The van der Waals surface area contributed by atoms with Gasteiger partial charge in [0.15, 0.2) is 0 Å². The molecule has 1 fully saturated rings. The first-order valence-corrected chi connectivity index (χ1v) is 7.93. The number of carboxylic acids is 1. The van der Waals surface area contributed by atoms with Gasteiger partial charge in [-0.3, -0.25) is 4.79 Å². The molecule has 6 nitrogen and oxygen atoms in total. The van der Waals surface area contributed by atoms with Crippen LogP contribution in [0, 0.1) is 5.82 Å². The van der Waals surface area contributed by atoms with E-state index in [-0.39, 0.29) is 17.5 Å². The molecule has 1 heterocycles. The van der Waals surface area contributed by atoms with Crippen LogP contribution in [0.5, 0.6) is 0 Å². The van der Waals surface area contributed by atoms with Gasteiger partial charge < -0.3 is 19.2 Å². The minimum Gasteiger partial charge on any atom is -0.478 e. The number of benzene rings is 1. The van der Waals surface area contributed by atoms with Gasteiger partial charge in [0.25, 0.3) is 0 Å². The molecule has 0 bridgehead atoms. The van der Waals surface area contributed by atoms with Gasteiger partial charge in [0.05, 0.1) is 30.3 Å². The summed E-state index contributed by atoms with van der Waals surface area (Å²) in [5.41, 5.74) is -1.38. The standard InChI is InChI=1S/C17H22BFO6/c1-16(2)17(3,4)25-18(24-16)12(9-14(20)23-5)11-8-10(15(21)22)6-7-13(11)19/h6-8,12H,9H2,1-5H3,(H,21,22). The van der Waals surface area contributed by atoms with Gasteiger partial charge in [0.2, 0.25) is 0 Å². The summed E-state index contributed by atoms with van der Waals surface area (Å²) in [6.45, 7) is 7.36. The Hall–Kier alpha value is -1.93. The van der Waals surface area contributed by atoms with Crippen molar-refractivity contribution in [2.24, 2.45) is 0 Å². The lowest BCUT2D eigenvalue weighted by Gasteiger charge is -2.32. The van der Waals surface area contributed by atoms with Crippen molar-refractivity contribution in [1.82, 2.24) is 0 Å². The summed E-state index contributed by atoms with van der Waals surface area (Å²) in [5.74, 6) is -3.23. The zero-order valence-corrected chi connectivity index (χ0v) is 15.0. The van der Waals surface area contributed by atoms with Crippen LogP contribution >= 0.6 is 0 Å². The minimum absolute atomic E-state index is 0.0452. The maximum atomic E-state index is 14.4. The molecule has 1 unspecified atom stereocenters. The highest BCUT2D eigenvalue weighted by atomic mass is 19.1. The number of rotatable bonds is 5. The predicted molar refractivity (Wildman–Crippen MR) is 88.8 cm³/mol. The van der Waals surface area contributed by atoms with Gasteiger partial charge in [-0.15, -0.1) is 0 Å². The summed E-state index contributed by atoms with van der Waals surface area (Å²) < 4.78 is 31.0. The van der Waals surface area contributed by atoms with Crippen LogP contribution in [0.15, 0.2) is 18.2 Å². The van der Waals surface area contributed by atoms with Crippen LogP contribution in [0.4, 0.5) is 4.39 Å². The molecule has 1 saturated heterocycles. The number of halogens is 1. The third-order valence-corrected chi connectivity index (χ3v) is 4.86. The van der Waals surface area contributed by atoms with Crippen LogP contribution in [-0.4, -0.2) is 42.5 Å². The highest BCUT2D eigenvalue weighted by molar-refractivity contribution is 6.48. The number of esters is 1. The maximum Gasteiger partial charge on any atom is 0.466 e.